The summed E-state index contributed by atoms with van der Waals surface area (Å²) in [5.41, 5.74) is 0.737. The van der Waals surface area contributed by atoms with Gasteiger partial charge in [0, 0.05) is 5.57 Å². The predicted octanol–water partition coefficient (Wildman–Crippen LogP) is 3.34. The zero-order valence-electron chi connectivity index (χ0n) is 9.19. The van der Waals surface area contributed by atoms with Gasteiger partial charge >= 0.3 is 5.97 Å². The van der Waals surface area contributed by atoms with Gasteiger partial charge in [-0.15, -0.1) is 0 Å². The normalized spacial score (nSPS) is 11.2. The number of hydrogen-bond acceptors (Lipinski definition) is 2. The van der Waals surface area contributed by atoms with Gasteiger partial charge in [-0.05, 0) is 25.5 Å². The van der Waals surface area contributed by atoms with Crippen LogP contribution in [0.2, 0.25) is 0 Å². The molecular weight excluding hydrogens is 188 g/mol. The van der Waals surface area contributed by atoms with E-state index in [-0.39, 0.29) is 5.97 Å². The van der Waals surface area contributed by atoms with Crippen molar-refractivity contribution in [2.75, 3.05) is 0 Å². The van der Waals surface area contributed by atoms with E-state index in [4.69, 9.17) is 4.74 Å². The van der Waals surface area contributed by atoms with Gasteiger partial charge < -0.3 is 4.74 Å². The number of rotatable bonds is 4. The second-order valence-electron chi connectivity index (χ2n) is 3.27. The SMILES string of the molecule is CC=C(CCC)C(=O)Oc1ccccc1. The molecule has 2 nitrogen and oxygen atoms in total. The monoisotopic (exact) mass is 204 g/mol. The largest absolute Gasteiger partial charge is 0.423 e. The molecule has 0 aliphatic rings. The lowest BCUT2D eigenvalue weighted by atomic mass is 10.1. The first-order chi connectivity index (χ1) is 7.27. The molecule has 0 bridgehead atoms. The van der Waals surface area contributed by atoms with Gasteiger partial charge in [-0.3, -0.25) is 0 Å². The van der Waals surface area contributed by atoms with Crippen LogP contribution in [-0.2, 0) is 4.79 Å². The summed E-state index contributed by atoms with van der Waals surface area (Å²) < 4.78 is 5.21. The Kier molecular flexibility index (Phi) is 4.61. The lowest BCUT2D eigenvalue weighted by Gasteiger charge is -2.06. The van der Waals surface area contributed by atoms with Crippen molar-refractivity contribution >= 4 is 5.97 Å². The minimum Gasteiger partial charge on any atom is -0.423 e. The second-order valence-corrected chi connectivity index (χ2v) is 3.27. The quantitative estimate of drug-likeness (QED) is 0.427. The van der Waals surface area contributed by atoms with Gasteiger partial charge in [0.05, 0.1) is 0 Å². The van der Waals surface area contributed by atoms with E-state index < -0.39 is 0 Å². The maximum Gasteiger partial charge on any atom is 0.339 e. The molecule has 15 heavy (non-hydrogen) atoms. The molecular formula is C13H16O2. The first-order valence-electron chi connectivity index (χ1n) is 5.20. The molecule has 0 fully saturated rings. The van der Waals surface area contributed by atoms with E-state index in [0.29, 0.717) is 5.75 Å². The molecule has 80 valence electrons. The zero-order valence-corrected chi connectivity index (χ0v) is 9.19. The lowest BCUT2D eigenvalue weighted by Crippen LogP contribution is -2.10. The van der Waals surface area contributed by atoms with Gasteiger partial charge in [0.25, 0.3) is 0 Å². The van der Waals surface area contributed by atoms with Crippen LogP contribution in [-0.4, -0.2) is 5.97 Å². The molecule has 1 aromatic carbocycles. The Bertz CT molecular complexity index is 339. The highest BCUT2D eigenvalue weighted by molar-refractivity contribution is 5.90. The molecule has 0 radical (unpaired) electrons. The molecule has 1 aromatic rings. The fraction of sp³-hybridized carbons (Fsp3) is 0.308. The van der Waals surface area contributed by atoms with Gasteiger partial charge in [-0.1, -0.05) is 37.6 Å². The van der Waals surface area contributed by atoms with Gasteiger partial charge in [0.2, 0.25) is 0 Å². The standard InChI is InChI=1S/C13H16O2/c1-3-8-11(4-2)13(14)15-12-9-6-5-7-10-12/h4-7,9-10H,3,8H2,1-2H3. The maximum atomic E-state index is 11.6. The molecule has 0 atom stereocenters. The van der Waals surface area contributed by atoms with Crippen LogP contribution in [0.4, 0.5) is 0 Å². The van der Waals surface area contributed by atoms with Crippen molar-refractivity contribution in [3.8, 4) is 5.75 Å². The fourth-order valence-electron chi connectivity index (χ4n) is 1.29. The average Bonchev–Trinajstić information content (AvgIpc) is 2.27. The first-order valence-corrected chi connectivity index (χ1v) is 5.20. The van der Waals surface area contributed by atoms with Crippen LogP contribution in [0.5, 0.6) is 5.75 Å². The van der Waals surface area contributed by atoms with Crippen molar-refractivity contribution in [2.24, 2.45) is 0 Å². The highest BCUT2D eigenvalue weighted by Gasteiger charge is 2.09. The summed E-state index contributed by atoms with van der Waals surface area (Å²) in [6.45, 7) is 3.90. The van der Waals surface area contributed by atoms with Crippen LogP contribution < -0.4 is 4.74 Å². The van der Waals surface area contributed by atoms with Crippen molar-refractivity contribution in [3.05, 3.63) is 42.0 Å². The molecule has 0 saturated carbocycles. The zero-order chi connectivity index (χ0) is 11.1. The van der Waals surface area contributed by atoms with Crippen LogP contribution >= 0.6 is 0 Å². The number of hydrogen-bond donors (Lipinski definition) is 0. The Morgan fingerprint density at radius 2 is 2.00 bits per heavy atom. The van der Waals surface area contributed by atoms with Crippen LogP contribution in [0.1, 0.15) is 26.7 Å². The number of benzene rings is 1. The van der Waals surface area contributed by atoms with Crippen LogP contribution in [0.15, 0.2) is 42.0 Å². The molecule has 0 aliphatic carbocycles. The second kappa shape index (κ2) is 6.02. The van der Waals surface area contributed by atoms with E-state index in [1.807, 2.05) is 38.1 Å². The Labute approximate surface area is 90.6 Å². The number of ether oxygens (including phenoxy) is 1. The molecule has 0 aromatic heterocycles. The minimum absolute atomic E-state index is 0.245. The highest BCUT2D eigenvalue weighted by Crippen LogP contribution is 2.13. The number of carbonyl (C=O) groups excluding carboxylic acids is 1. The van der Waals surface area contributed by atoms with E-state index in [2.05, 4.69) is 0 Å². The molecule has 0 amide bonds. The number of carbonyl (C=O) groups is 1. The molecule has 0 heterocycles. The minimum atomic E-state index is -0.245. The number of esters is 1. The molecule has 2 heteroatoms. The maximum absolute atomic E-state index is 11.6. The van der Waals surface area contributed by atoms with Crippen LogP contribution in [0.3, 0.4) is 0 Å². The summed E-state index contributed by atoms with van der Waals surface area (Å²) in [7, 11) is 0. The molecule has 0 N–H and O–H groups in total. The van der Waals surface area contributed by atoms with Crippen molar-refractivity contribution < 1.29 is 9.53 Å². The van der Waals surface area contributed by atoms with Crippen LogP contribution in [0, 0.1) is 0 Å². The van der Waals surface area contributed by atoms with Gasteiger partial charge in [0.15, 0.2) is 0 Å². The van der Waals surface area contributed by atoms with Gasteiger partial charge in [-0.2, -0.15) is 0 Å². The Morgan fingerprint density at radius 3 is 2.53 bits per heavy atom. The molecule has 0 aliphatic heterocycles. The molecule has 0 spiro atoms. The Morgan fingerprint density at radius 1 is 1.33 bits per heavy atom. The van der Waals surface area contributed by atoms with E-state index >= 15 is 0 Å². The fourth-order valence-corrected chi connectivity index (χ4v) is 1.29. The van der Waals surface area contributed by atoms with Gasteiger partial charge in [-0.25, -0.2) is 4.79 Å². The highest BCUT2D eigenvalue weighted by atomic mass is 16.5. The molecule has 0 saturated heterocycles. The van der Waals surface area contributed by atoms with Crippen molar-refractivity contribution in [1.29, 1.82) is 0 Å². The summed E-state index contributed by atoms with van der Waals surface area (Å²) in [5.74, 6) is 0.350. The smallest absolute Gasteiger partial charge is 0.339 e. The average molecular weight is 204 g/mol. The van der Waals surface area contributed by atoms with Crippen molar-refractivity contribution in [2.45, 2.75) is 26.7 Å². The van der Waals surface area contributed by atoms with Crippen molar-refractivity contribution in [3.63, 3.8) is 0 Å². The van der Waals surface area contributed by atoms with E-state index in [0.717, 1.165) is 18.4 Å². The van der Waals surface area contributed by atoms with Crippen LogP contribution in [0.25, 0.3) is 0 Å². The van der Waals surface area contributed by atoms with E-state index in [1.165, 1.54) is 0 Å². The van der Waals surface area contributed by atoms with Gasteiger partial charge in [0.1, 0.15) is 5.75 Å². The third kappa shape index (κ3) is 3.58. The lowest BCUT2D eigenvalue weighted by molar-refractivity contribution is -0.130. The van der Waals surface area contributed by atoms with Crippen molar-refractivity contribution in [1.82, 2.24) is 0 Å². The number of para-hydroxylation sites is 1. The summed E-state index contributed by atoms with van der Waals surface area (Å²) in [5, 5.41) is 0. The Hall–Kier alpha value is -1.57. The summed E-state index contributed by atoms with van der Waals surface area (Å²) in [6, 6.07) is 9.13. The third-order valence-electron chi connectivity index (χ3n) is 2.08. The summed E-state index contributed by atoms with van der Waals surface area (Å²) in [4.78, 5) is 11.6. The summed E-state index contributed by atoms with van der Waals surface area (Å²) in [6.07, 6.45) is 3.53. The topological polar surface area (TPSA) is 26.3 Å². The molecule has 0 unspecified atom stereocenters. The number of allylic oxidation sites excluding steroid dienone is 1. The first kappa shape index (κ1) is 11.5. The van der Waals surface area contributed by atoms with E-state index in [1.54, 1.807) is 12.1 Å². The predicted molar refractivity (Wildman–Crippen MR) is 60.7 cm³/mol. The summed E-state index contributed by atoms with van der Waals surface area (Å²) >= 11 is 0. The Balaban J connectivity index is 2.63. The molecule has 1 rings (SSSR count). The van der Waals surface area contributed by atoms with E-state index in [9.17, 15) is 4.79 Å². The third-order valence-corrected chi connectivity index (χ3v) is 2.08.